The van der Waals surface area contributed by atoms with Gasteiger partial charge in [-0.3, -0.25) is 0 Å². The topological polar surface area (TPSA) is 119 Å². The summed E-state index contributed by atoms with van der Waals surface area (Å²) in [5, 5.41) is 0. The van der Waals surface area contributed by atoms with Crippen LogP contribution in [0.3, 0.4) is 0 Å². The molecule has 0 unspecified atom stereocenters. The number of benzene rings is 2. The first-order valence-electron chi connectivity index (χ1n) is 18.1. The first-order valence-corrected chi connectivity index (χ1v) is 18.1. The summed E-state index contributed by atoms with van der Waals surface area (Å²) in [6.45, 7) is 18.0. The number of ether oxygens (including phenoxy) is 5. The van der Waals surface area contributed by atoms with E-state index in [2.05, 4.69) is 20.8 Å². The van der Waals surface area contributed by atoms with Crippen LogP contribution in [-0.4, -0.2) is 72.3 Å². The molecule has 12 heteroatoms. The van der Waals surface area contributed by atoms with Gasteiger partial charge in [-0.05, 0) is 108 Å². The van der Waals surface area contributed by atoms with E-state index in [-0.39, 0.29) is 53.9 Å². The number of carbonyl (C=O) groups excluding carboxylic acids is 3. The fourth-order valence-corrected chi connectivity index (χ4v) is 7.90. The van der Waals surface area contributed by atoms with Crippen molar-refractivity contribution in [2.75, 3.05) is 13.1 Å². The monoisotopic (exact) mass is 705 g/mol. The number of esters is 1. The number of aryl methyl sites for hydroxylation is 1. The fraction of sp³-hybridized carbons (Fsp3) is 0.615. The quantitative estimate of drug-likeness (QED) is 0.112. The standard InChI is InChI=1S/C39H52BNO10/c1-36(2,3)48-33(42)31-28(46-27-21-41(22-27)34(43)45-23-24-13-11-10-12-14-24)16-15-25(32(31)47-35(44)49-37(4,5)6)17-18-40-50-30-20-26-19-29(38(26,7)8)39(30,9)51-40/h10-16,26-27,29-30H,17-23H2,1-9H3/t26-,29-,30+,39-/m0/s1. The summed E-state index contributed by atoms with van der Waals surface area (Å²) in [7, 11) is -0.451. The molecule has 0 N–H and O–H groups in total. The number of rotatable bonds is 9. The summed E-state index contributed by atoms with van der Waals surface area (Å²) >= 11 is 0. The minimum atomic E-state index is -0.962. The molecule has 5 aliphatic rings. The van der Waals surface area contributed by atoms with Crippen LogP contribution >= 0.6 is 0 Å². The molecule has 2 heterocycles. The lowest BCUT2D eigenvalue weighted by atomic mass is 9.43. The van der Waals surface area contributed by atoms with Crippen molar-refractivity contribution in [2.45, 2.75) is 124 Å². The van der Waals surface area contributed by atoms with Gasteiger partial charge in [-0.25, -0.2) is 14.4 Å². The zero-order chi connectivity index (χ0) is 36.9. The van der Waals surface area contributed by atoms with Crippen molar-refractivity contribution >= 4 is 25.3 Å². The van der Waals surface area contributed by atoms with Crippen molar-refractivity contribution in [3.8, 4) is 11.5 Å². The van der Waals surface area contributed by atoms with Crippen LogP contribution in [0.25, 0.3) is 0 Å². The molecule has 2 aliphatic heterocycles. The van der Waals surface area contributed by atoms with Gasteiger partial charge in [0.1, 0.15) is 35.2 Å². The second-order valence-electron chi connectivity index (χ2n) is 17.1. The van der Waals surface area contributed by atoms with Gasteiger partial charge in [-0.1, -0.05) is 50.2 Å². The molecule has 2 saturated heterocycles. The molecule has 0 radical (unpaired) electrons. The Balaban J connectivity index is 1.21. The highest BCUT2D eigenvalue weighted by Crippen LogP contribution is 2.65. The Kier molecular flexibility index (Phi) is 9.91. The van der Waals surface area contributed by atoms with Crippen molar-refractivity contribution < 1.29 is 47.4 Å². The summed E-state index contributed by atoms with van der Waals surface area (Å²) in [5.74, 6) is 0.504. The average Bonchev–Trinajstić information content (AvgIpc) is 3.35. The van der Waals surface area contributed by atoms with Crippen LogP contribution in [0.5, 0.6) is 11.5 Å². The second-order valence-corrected chi connectivity index (χ2v) is 17.1. The molecular weight excluding hydrogens is 653 g/mol. The third-order valence-electron chi connectivity index (χ3n) is 10.6. The van der Waals surface area contributed by atoms with E-state index in [0.717, 1.165) is 18.4 Å². The van der Waals surface area contributed by atoms with Gasteiger partial charge in [0.15, 0.2) is 5.75 Å². The molecule has 2 aromatic rings. The van der Waals surface area contributed by atoms with E-state index in [0.29, 0.717) is 30.1 Å². The molecule has 0 spiro atoms. The Bertz CT molecular complexity index is 1630. The maximum absolute atomic E-state index is 13.9. The summed E-state index contributed by atoms with van der Waals surface area (Å²) in [6, 6.07) is 12.9. The third-order valence-corrected chi connectivity index (χ3v) is 10.6. The molecule has 0 aromatic heterocycles. The zero-order valence-corrected chi connectivity index (χ0v) is 31.4. The van der Waals surface area contributed by atoms with Crippen molar-refractivity contribution in [1.82, 2.24) is 4.90 Å². The number of nitrogens with zero attached hydrogens (tertiary/aromatic N) is 1. The number of hydrogen-bond acceptors (Lipinski definition) is 10. The predicted molar refractivity (Wildman–Crippen MR) is 190 cm³/mol. The number of likely N-dealkylation sites (tertiary alicyclic amines) is 1. The van der Waals surface area contributed by atoms with E-state index in [1.807, 2.05) is 30.3 Å². The Morgan fingerprint density at radius 2 is 1.61 bits per heavy atom. The first-order chi connectivity index (χ1) is 23.8. The Morgan fingerprint density at radius 1 is 0.922 bits per heavy atom. The largest absolute Gasteiger partial charge is 0.514 e. The lowest BCUT2D eigenvalue weighted by Gasteiger charge is -2.64. The molecule has 4 atom stereocenters. The van der Waals surface area contributed by atoms with E-state index < -0.39 is 42.6 Å². The molecule has 5 fully saturated rings. The number of hydrogen-bond donors (Lipinski definition) is 0. The second kappa shape index (κ2) is 13.7. The van der Waals surface area contributed by atoms with E-state index >= 15 is 0 Å². The summed E-state index contributed by atoms with van der Waals surface area (Å²) < 4.78 is 42.1. The molecule has 3 saturated carbocycles. The molecule has 2 aromatic carbocycles. The van der Waals surface area contributed by atoms with Crippen LogP contribution in [0.4, 0.5) is 9.59 Å². The summed E-state index contributed by atoms with van der Waals surface area (Å²) in [5.41, 5.74) is -0.403. The smallest absolute Gasteiger partial charge is 0.486 e. The highest BCUT2D eigenvalue weighted by molar-refractivity contribution is 6.45. The molecule has 51 heavy (non-hydrogen) atoms. The minimum Gasteiger partial charge on any atom is -0.486 e. The number of amides is 1. The van der Waals surface area contributed by atoms with Gasteiger partial charge in [0, 0.05) is 0 Å². The van der Waals surface area contributed by atoms with Gasteiger partial charge in [-0.2, -0.15) is 0 Å². The maximum atomic E-state index is 13.9. The average molecular weight is 706 g/mol. The molecule has 11 nitrogen and oxygen atoms in total. The Hall–Kier alpha value is -3.77. The van der Waals surface area contributed by atoms with Gasteiger partial charge in [0.05, 0.1) is 24.8 Å². The Morgan fingerprint density at radius 3 is 2.25 bits per heavy atom. The van der Waals surface area contributed by atoms with Crippen LogP contribution in [0.2, 0.25) is 6.32 Å². The van der Waals surface area contributed by atoms with Crippen molar-refractivity contribution in [2.24, 2.45) is 17.3 Å². The number of carbonyl (C=O) groups is 3. The van der Waals surface area contributed by atoms with E-state index in [9.17, 15) is 14.4 Å². The Labute approximate surface area is 301 Å². The highest BCUT2D eigenvalue weighted by Gasteiger charge is 2.67. The first kappa shape index (κ1) is 37.0. The predicted octanol–water partition coefficient (Wildman–Crippen LogP) is 7.63. The molecule has 7 rings (SSSR count). The third kappa shape index (κ3) is 8.02. The van der Waals surface area contributed by atoms with Crippen LogP contribution in [0.15, 0.2) is 42.5 Å². The van der Waals surface area contributed by atoms with Gasteiger partial charge in [-0.15, -0.1) is 0 Å². The van der Waals surface area contributed by atoms with Crippen molar-refractivity contribution in [3.63, 3.8) is 0 Å². The SMILES string of the molecule is CC(C)(C)OC(=O)Oc1c(CCB2O[C@@H]3C[C@@H]4C[C@@H](C4(C)C)[C@]3(C)O2)ccc(OC2CN(C(=O)OCc3ccccc3)C2)c1C(=O)OC(C)(C)C. The lowest BCUT2D eigenvalue weighted by Crippen LogP contribution is -2.65. The molecule has 276 valence electrons. The molecule has 3 aliphatic carbocycles. The van der Waals surface area contributed by atoms with E-state index in [1.165, 1.54) is 4.90 Å². The lowest BCUT2D eigenvalue weighted by molar-refractivity contribution is -0.199. The van der Waals surface area contributed by atoms with Crippen LogP contribution in [0.1, 0.15) is 96.6 Å². The molecule has 1 amide bonds. The van der Waals surface area contributed by atoms with Gasteiger partial charge in [0.25, 0.3) is 0 Å². The highest BCUT2D eigenvalue weighted by atomic mass is 16.7. The molecule has 2 bridgehead atoms. The van der Waals surface area contributed by atoms with Crippen LogP contribution < -0.4 is 9.47 Å². The normalized spacial score (nSPS) is 25.2. The summed E-state index contributed by atoms with van der Waals surface area (Å²) in [4.78, 5) is 41.3. The van der Waals surface area contributed by atoms with Gasteiger partial charge >= 0.3 is 25.3 Å². The summed E-state index contributed by atoms with van der Waals surface area (Å²) in [6.07, 6.45) is 1.16. The minimum absolute atomic E-state index is 0.000495. The van der Waals surface area contributed by atoms with E-state index in [1.54, 1.807) is 53.7 Å². The van der Waals surface area contributed by atoms with Crippen molar-refractivity contribution in [3.05, 3.63) is 59.2 Å². The van der Waals surface area contributed by atoms with Gasteiger partial charge in [0.2, 0.25) is 0 Å². The molecular formula is C39H52BNO10. The fourth-order valence-electron chi connectivity index (χ4n) is 7.90. The van der Waals surface area contributed by atoms with Gasteiger partial charge < -0.3 is 37.9 Å². The van der Waals surface area contributed by atoms with Crippen LogP contribution in [0, 0.1) is 17.3 Å². The maximum Gasteiger partial charge on any atom is 0.514 e. The van der Waals surface area contributed by atoms with Crippen molar-refractivity contribution in [1.29, 1.82) is 0 Å². The van der Waals surface area contributed by atoms with E-state index in [4.69, 9.17) is 33.0 Å². The van der Waals surface area contributed by atoms with Crippen LogP contribution in [-0.2, 0) is 36.5 Å². The zero-order valence-electron chi connectivity index (χ0n) is 31.4.